The molecule has 0 radical (unpaired) electrons. The predicted molar refractivity (Wildman–Crippen MR) is 57.0 cm³/mol. The number of hydrogen-bond donors (Lipinski definition) is 0. The fourth-order valence-corrected chi connectivity index (χ4v) is 1.89. The fourth-order valence-electron chi connectivity index (χ4n) is 1.89. The second-order valence-electron chi connectivity index (χ2n) is 3.31. The highest BCUT2D eigenvalue weighted by Crippen LogP contribution is 2.20. The van der Waals surface area contributed by atoms with Gasteiger partial charge < -0.3 is 4.57 Å². The van der Waals surface area contributed by atoms with Crippen LogP contribution in [0.4, 0.5) is 0 Å². The lowest BCUT2D eigenvalue weighted by Crippen LogP contribution is -1.94. The molecule has 1 nitrogen and oxygen atoms in total. The van der Waals surface area contributed by atoms with E-state index in [1.165, 1.54) is 16.5 Å². The second kappa shape index (κ2) is 3.25. The van der Waals surface area contributed by atoms with Crippen molar-refractivity contribution >= 4 is 10.9 Å². The van der Waals surface area contributed by atoms with Crippen LogP contribution in [0, 0.1) is 0 Å². The Labute approximate surface area is 79.0 Å². The first-order valence-electron chi connectivity index (χ1n) is 4.93. The number of rotatable bonds is 2. The molecule has 1 heteroatoms. The summed E-state index contributed by atoms with van der Waals surface area (Å²) in [6.45, 7) is 5.45. The first-order valence-corrected chi connectivity index (χ1v) is 4.93. The van der Waals surface area contributed by atoms with Gasteiger partial charge in [0.05, 0.1) is 5.52 Å². The lowest BCUT2D eigenvalue weighted by atomic mass is 10.1. The zero-order valence-electron chi connectivity index (χ0n) is 8.25. The van der Waals surface area contributed by atoms with Gasteiger partial charge in [-0.15, -0.1) is 0 Å². The van der Waals surface area contributed by atoms with Crippen LogP contribution >= 0.6 is 0 Å². The maximum atomic E-state index is 2.31. The maximum Gasteiger partial charge on any atom is 0.0512 e. The molecule has 0 fully saturated rings. The number of nitrogens with zero attached hydrogens (tertiary/aromatic N) is 1. The Bertz CT molecular complexity index is 412. The van der Waals surface area contributed by atoms with E-state index in [2.05, 4.69) is 48.9 Å². The average molecular weight is 173 g/mol. The van der Waals surface area contributed by atoms with E-state index in [1.807, 2.05) is 0 Å². The number of hydrogen-bond acceptors (Lipinski definition) is 0. The standard InChI is InChI=1S/C12H15N/c1-3-10-6-5-7-11-8-9-13(4-2)12(10)11/h5-9H,3-4H2,1-2H3. The molecule has 1 aromatic heterocycles. The lowest BCUT2D eigenvalue weighted by Gasteiger charge is -2.05. The summed E-state index contributed by atoms with van der Waals surface area (Å²) in [5, 5.41) is 1.36. The summed E-state index contributed by atoms with van der Waals surface area (Å²) >= 11 is 0. The number of para-hydroxylation sites is 1. The van der Waals surface area contributed by atoms with E-state index < -0.39 is 0 Å². The molecule has 0 atom stereocenters. The third kappa shape index (κ3) is 1.24. The normalized spacial score (nSPS) is 10.9. The molecule has 1 heterocycles. The van der Waals surface area contributed by atoms with Crippen molar-refractivity contribution in [2.75, 3.05) is 0 Å². The van der Waals surface area contributed by atoms with Crippen LogP contribution in [-0.2, 0) is 13.0 Å². The molecule has 0 saturated heterocycles. The number of aryl methyl sites for hydroxylation is 2. The first-order chi connectivity index (χ1) is 6.36. The van der Waals surface area contributed by atoms with E-state index in [0.29, 0.717) is 0 Å². The summed E-state index contributed by atoms with van der Waals surface area (Å²) in [5.41, 5.74) is 2.86. The topological polar surface area (TPSA) is 4.93 Å². The molecule has 2 aromatic rings. The Hall–Kier alpha value is -1.24. The SMILES string of the molecule is CCc1cccc2ccn(CC)c12. The van der Waals surface area contributed by atoms with E-state index in [1.54, 1.807) is 0 Å². The second-order valence-corrected chi connectivity index (χ2v) is 3.31. The Morgan fingerprint density at radius 2 is 2.00 bits per heavy atom. The van der Waals surface area contributed by atoms with Gasteiger partial charge in [0, 0.05) is 12.7 Å². The molecule has 0 bridgehead atoms. The zero-order chi connectivity index (χ0) is 9.26. The number of benzene rings is 1. The minimum Gasteiger partial charge on any atom is -0.348 e. The Morgan fingerprint density at radius 1 is 1.15 bits per heavy atom. The fraction of sp³-hybridized carbons (Fsp3) is 0.333. The highest BCUT2D eigenvalue weighted by Gasteiger charge is 2.02. The van der Waals surface area contributed by atoms with Gasteiger partial charge in [-0.3, -0.25) is 0 Å². The summed E-state index contributed by atoms with van der Waals surface area (Å²) in [4.78, 5) is 0. The van der Waals surface area contributed by atoms with Crippen molar-refractivity contribution in [3.05, 3.63) is 36.0 Å². The van der Waals surface area contributed by atoms with Crippen molar-refractivity contribution in [2.24, 2.45) is 0 Å². The summed E-state index contributed by atoms with van der Waals surface area (Å²) < 4.78 is 2.31. The van der Waals surface area contributed by atoms with Gasteiger partial charge in [0.15, 0.2) is 0 Å². The summed E-state index contributed by atoms with van der Waals surface area (Å²) in [7, 11) is 0. The number of aromatic nitrogens is 1. The van der Waals surface area contributed by atoms with Crippen LogP contribution in [0.15, 0.2) is 30.5 Å². The van der Waals surface area contributed by atoms with Crippen LogP contribution in [0.2, 0.25) is 0 Å². The highest BCUT2D eigenvalue weighted by atomic mass is 14.9. The molecule has 68 valence electrons. The van der Waals surface area contributed by atoms with E-state index in [4.69, 9.17) is 0 Å². The highest BCUT2D eigenvalue weighted by molar-refractivity contribution is 5.83. The van der Waals surface area contributed by atoms with Crippen LogP contribution < -0.4 is 0 Å². The summed E-state index contributed by atoms with van der Waals surface area (Å²) in [6, 6.07) is 8.73. The molecule has 0 aliphatic heterocycles. The molecule has 0 saturated carbocycles. The van der Waals surface area contributed by atoms with Crippen LogP contribution in [0.25, 0.3) is 10.9 Å². The van der Waals surface area contributed by atoms with Gasteiger partial charge in [0.1, 0.15) is 0 Å². The van der Waals surface area contributed by atoms with Crippen molar-refractivity contribution in [3.63, 3.8) is 0 Å². The van der Waals surface area contributed by atoms with Crippen molar-refractivity contribution < 1.29 is 0 Å². The first kappa shape index (κ1) is 8.36. The Morgan fingerprint density at radius 3 is 2.69 bits per heavy atom. The van der Waals surface area contributed by atoms with Gasteiger partial charge in [-0.05, 0) is 30.4 Å². The molecule has 13 heavy (non-hydrogen) atoms. The lowest BCUT2D eigenvalue weighted by molar-refractivity contribution is 0.793. The van der Waals surface area contributed by atoms with E-state index in [9.17, 15) is 0 Å². The van der Waals surface area contributed by atoms with E-state index >= 15 is 0 Å². The Balaban J connectivity index is 2.76. The molecule has 0 N–H and O–H groups in total. The zero-order valence-corrected chi connectivity index (χ0v) is 8.25. The van der Waals surface area contributed by atoms with Gasteiger partial charge >= 0.3 is 0 Å². The van der Waals surface area contributed by atoms with Gasteiger partial charge in [0.25, 0.3) is 0 Å². The van der Waals surface area contributed by atoms with Crippen LogP contribution in [0.5, 0.6) is 0 Å². The monoisotopic (exact) mass is 173 g/mol. The maximum absolute atomic E-state index is 2.31. The molecule has 0 aliphatic carbocycles. The third-order valence-corrected chi connectivity index (χ3v) is 2.59. The van der Waals surface area contributed by atoms with Crippen molar-refractivity contribution in [3.8, 4) is 0 Å². The Kier molecular flexibility index (Phi) is 2.09. The minimum absolute atomic E-state index is 1.06. The molecule has 1 aromatic carbocycles. The van der Waals surface area contributed by atoms with Gasteiger partial charge in [-0.25, -0.2) is 0 Å². The van der Waals surface area contributed by atoms with E-state index in [-0.39, 0.29) is 0 Å². The molecule has 0 spiro atoms. The molecule has 0 amide bonds. The predicted octanol–water partition coefficient (Wildman–Crippen LogP) is 3.22. The molecular weight excluding hydrogens is 158 g/mol. The molecule has 2 rings (SSSR count). The summed E-state index contributed by atoms with van der Waals surface area (Å²) in [6.07, 6.45) is 3.28. The average Bonchev–Trinajstić information content (AvgIpc) is 2.60. The third-order valence-electron chi connectivity index (χ3n) is 2.59. The largest absolute Gasteiger partial charge is 0.348 e. The summed E-state index contributed by atoms with van der Waals surface area (Å²) in [5.74, 6) is 0. The molecule has 0 unspecified atom stereocenters. The molecule has 0 aliphatic rings. The molecular formula is C12H15N. The van der Waals surface area contributed by atoms with Crippen LogP contribution in [0.1, 0.15) is 19.4 Å². The quantitative estimate of drug-likeness (QED) is 0.657. The van der Waals surface area contributed by atoms with Crippen molar-refractivity contribution in [1.82, 2.24) is 4.57 Å². The smallest absolute Gasteiger partial charge is 0.0512 e. The van der Waals surface area contributed by atoms with Crippen LogP contribution in [0.3, 0.4) is 0 Å². The van der Waals surface area contributed by atoms with Crippen molar-refractivity contribution in [2.45, 2.75) is 26.8 Å². The van der Waals surface area contributed by atoms with Gasteiger partial charge in [-0.1, -0.05) is 25.1 Å². The van der Waals surface area contributed by atoms with Crippen LogP contribution in [-0.4, -0.2) is 4.57 Å². The van der Waals surface area contributed by atoms with Crippen molar-refractivity contribution in [1.29, 1.82) is 0 Å². The van der Waals surface area contributed by atoms with Gasteiger partial charge in [-0.2, -0.15) is 0 Å². The minimum atomic E-state index is 1.06. The van der Waals surface area contributed by atoms with E-state index in [0.717, 1.165) is 13.0 Å². The number of fused-ring (bicyclic) bond motifs is 1. The van der Waals surface area contributed by atoms with Gasteiger partial charge in [0.2, 0.25) is 0 Å².